The zero-order valence-electron chi connectivity index (χ0n) is 9.79. The molecule has 0 bridgehead atoms. The Morgan fingerprint density at radius 2 is 2.06 bits per heavy atom. The minimum atomic E-state index is 0.0260. The number of hydrogen-bond acceptors (Lipinski definition) is 2. The van der Waals surface area contributed by atoms with Crippen molar-refractivity contribution < 1.29 is 4.79 Å². The molecule has 1 aliphatic rings. The molecule has 3 nitrogen and oxygen atoms in total. The summed E-state index contributed by atoms with van der Waals surface area (Å²) in [4.78, 5) is 12.0. The number of rotatable bonds is 2. The average molecular weight is 218 g/mol. The fourth-order valence-electron chi connectivity index (χ4n) is 2.02. The summed E-state index contributed by atoms with van der Waals surface area (Å²) >= 11 is 0. The highest BCUT2D eigenvalue weighted by Crippen LogP contribution is 2.19. The van der Waals surface area contributed by atoms with Crippen LogP contribution in [-0.2, 0) is 0 Å². The second kappa shape index (κ2) is 4.26. The lowest BCUT2D eigenvalue weighted by molar-refractivity contribution is 0.0909. The highest BCUT2D eigenvalue weighted by Gasteiger charge is 2.27. The Morgan fingerprint density at radius 3 is 2.69 bits per heavy atom. The second-order valence-corrected chi connectivity index (χ2v) is 4.72. The van der Waals surface area contributed by atoms with Gasteiger partial charge in [-0.25, -0.2) is 0 Å². The lowest BCUT2D eigenvalue weighted by atomic mass is 9.87. The third kappa shape index (κ3) is 2.25. The molecule has 16 heavy (non-hydrogen) atoms. The number of hydrogen-bond donors (Lipinski definition) is 2. The van der Waals surface area contributed by atoms with E-state index in [4.69, 9.17) is 5.73 Å². The van der Waals surface area contributed by atoms with Gasteiger partial charge in [-0.2, -0.15) is 0 Å². The van der Waals surface area contributed by atoms with Gasteiger partial charge in [0.2, 0.25) is 0 Å². The summed E-state index contributed by atoms with van der Waals surface area (Å²) in [5, 5.41) is 3.01. The van der Waals surface area contributed by atoms with Gasteiger partial charge in [0.05, 0.1) is 0 Å². The number of nitrogens with two attached hydrogens (primary N) is 1. The number of benzene rings is 1. The van der Waals surface area contributed by atoms with Gasteiger partial charge in [-0.05, 0) is 38.3 Å². The lowest BCUT2D eigenvalue weighted by Crippen LogP contribution is -2.50. The third-order valence-corrected chi connectivity index (χ3v) is 3.15. The van der Waals surface area contributed by atoms with Crippen LogP contribution in [0.15, 0.2) is 18.2 Å². The molecule has 86 valence electrons. The summed E-state index contributed by atoms with van der Waals surface area (Å²) in [6.45, 7) is 3.95. The van der Waals surface area contributed by atoms with Gasteiger partial charge in [-0.1, -0.05) is 17.7 Å². The molecule has 0 heterocycles. The molecule has 1 aromatic rings. The van der Waals surface area contributed by atoms with E-state index in [9.17, 15) is 4.79 Å². The molecule has 0 unspecified atom stereocenters. The van der Waals surface area contributed by atoms with Crippen LogP contribution in [0.25, 0.3) is 0 Å². The molecular formula is C13H18N2O. The molecule has 0 aliphatic heterocycles. The quantitative estimate of drug-likeness (QED) is 0.790. The van der Waals surface area contributed by atoms with Crippen molar-refractivity contribution in [2.45, 2.75) is 38.8 Å². The fraction of sp³-hybridized carbons (Fsp3) is 0.462. The molecule has 0 radical (unpaired) electrons. The Hall–Kier alpha value is -1.35. The van der Waals surface area contributed by atoms with Gasteiger partial charge in [-0.15, -0.1) is 0 Å². The van der Waals surface area contributed by atoms with Crippen molar-refractivity contribution >= 4 is 5.91 Å². The topological polar surface area (TPSA) is 55.1 Å². The summed E-state index contributed by atoms with van der Waals surface area (Å²) in [5.74, 6) is 0.0260. The van der Waals surface area contributed by atoms with Gasteiger partial charge in [0, 0.05) is 17.6 Å². The van der Waals surface area contributed by atoms with E-state index in [0.717, 1.165) is 29.5 Å². The van der Waals surface area contributed by atoms with Crippen LogP contribution in [0.2, 0.25) is 0 Å². The maximum absolute atomic E-state index is 12.0. The molecule has 1 fully saturated rings. The van der Waals surface area contributed by atoms with E-state index in [2.05, 4.69) is 5.32 Å². The summed E-state index contributed by atoms with van der Waals surface area (Å²) in [7, 11) is 0. The highest BCUT2D eigenvalue weighted by molar-refractivity contribution is 5.96. The Bertz CT molecular complexity index is 408. The van der Waals surface area contributed by atoms with Crippen molar-refractivity contribution in [3.8, 4) is 0 Å². The largest absolute Gasteiger partial charge is 0.349 e. The molecule has 2 rings (SSSR count). The maximum atomic E-state index is 12.0. The minimum absolute atomic E-state index is 0.0260. The zero-order chi connectivity index (χ0) is 11.7. The molecule has 0 spiro atoms. The number of carbonyl (C=O) groups excluding carboxylic acids is 1. The van der Waals surface area contributed by atoms with Crippen LogP contribution in [0.1, 0.15) is 34.3 Å². The zero-order valence-corrected chi connectivity index (χ0v) is 9.79. The molecule has 1 aromatic carbocycles. The first-order chi connectivity index (χ1) is 7.56. The van der Waals surface area contributed by atoms with Crippen molar-refractivity contribution in [2.24, 2.45) is 5.73 Å². The Balaban J connectivity index is 2.05. The third-order valence-electron chi connectivity index (χ3n) is 3.15. The summed E-state index contributed by atoms with van der Waals surface area (Å²) in [6, 6.07) is 6.47. The fourth-order valence-corrected chi connectivity index (χ4v) is 2.02. The first-order valence-electron chi connectivity index (χ1n) is 5.70. The van der Waals surface area contributed by atoms with Crippen LogP contribution in [-0.4, -0.2) is 18.0 Å². The number of carbonyl (C=O) groups is 1. The van der Waals surface area contributed by atoms with Crippen molar-refractivity contribution in [3.63, 3.8) is 0 Å². The van der Waals surface area contributed by atoms with Crippen molar-refractivity contribution in [1.82, 2.24) is 5.32 Å². The Morgan fingerprint density at radius 1 is 1.38 bits per heavy atom. The van der Waals surface area contributed by atoms with Crippen LogP contribution >= 0.6 is 0 Å². The smallest absolute Gasteiger partial charge is 0.251 e. The summed E-state index contributed by atoms with van der Waals surface area (Å²) < 4.78 is 0. The molecular weight excluding hydrogens is 200 g/mol. The molecule has 1 saturated carbocycles. The van der Waals surface area contributed by atoms with E-state index in [1.54, 1.807) is 0 Å². The molecule has 1 aliphatic carbocycles. The van der Waals surface area contributed by atoms with Crippen LogP contribution in [0, 0.1) is 13.8 Å². The van der Waals surface area contributed by atoms with E-state index in [1.807, 2.05) is 32.0 Å². The average Bonchev–Trinajstić information content (AvgIpc) is 2.19. The van der Waals surface area contributed by atoms with Crippen LogP contribution < -0.4 is 11.1 Å². The first kappa shape index (κ1) is 11.1. The SMILES string of the molecule is Cc1ccc(C)c(C(=O)NC2CC(N)C2)c1. The maximum Gasteiger partial charge on any atom is 0.251 e. The standard InChI is InChI=1S/C13H18N2O/c1-8-3-4-9(2)12(5-8)13(16)15-11-6-10(14)7-11/h3-5,10-11H,6-7,14H2,1-2H3,(H,15,16). The van der Waals surface area contributed by atoms with Crippen molar-refractivity contribution in [2.75, 3.05) is 0 Å². The van der Waals surface area contributed by atoms with Gasteiger partial charge in [-0.3, -0.25) is 4.79 Å². The van der Waals surface area contributed by atoms with Crippen LogP contribution in [0.5, 0.6) is 0 Å². The normalized spacial score (nSPS) is 23.7. The lowest BCUT2D eigenvalue weighted by Gasteiger charge is -2.33. The molecule has 0 atom stereocenters. The van der Waals surface area contributed by atoms with Gasteiger partial charge < -0.3 is 11.1 Å². The van der Waals surface area contributed by atoms with E-state index in [0.29, 0.717) is 0 Å². The molecule has 1 amide bonds. The Kier molecular flexibility index (Phi) is 2.97. The monoisotopic (exact) mass is 218 g/mol. The summed E-state index contributed by atoms with van der Waals surface area (Å²) in [6.07, 6.45) is 1.80. The summed E-state index contributed by atoms with van der Waals surface area (Å²) in [5.41, 5.74) is 8.60. The minimum Gasteiger partial charge on any atom is -0.349 e. The number of amides is 1. The molecule has 3 heteroatoms. The van der Waals surface area contributed by atoms with E-state index in [1.165, 1.54) is 0 Å². The second-order valence-electron chi connectivity index (χ2n) is 4.72. The highest BCUT2D eigenvalue weighted by atomic mass is 16.1. The number of nitrogens with one attached hydrogen (secondary N) is 1. The van der Waals surface area contributed by atoms with Crippen molar-refractivity contribution in [3.05, 3.63) is 34.9 Å². The molecule has 0 aromatic heterocycles. The van der Waals surface area contributed by atoms with E-state index >= 15 is 0 Å². The van der Waals surface area contributed by atoms with Crippen molar-refractivity contribution in [1.29, 1.82) is 0 Å². The first-order valence-corrected chi connectivity index (χ1v) is 5.70. The molecule has 3 N–H and O–H groups in total. The predicted octanol–water partition coefficient (Wildman–Crippen LogP) is 1.52. The van der Waals surface area contributed by atoms with Gasteiger partial charge in [0.15, 0.2) is 0 Å². The van der Waals surface area contributed by atoms with Crippen LogP contribution in [0.4, 0.5) is 0 Å². The van der Waals surface area contributed by atoms with Gasteiger partial charge >= 0.3 is 0 Å². The van der Waals surface area contributed by atoms with Crippen LogP contribution in [0.3, 0.4) is 0 Å². The number of aryl methyl sites for hydroxylation is 2. The Labute approximate surface area is 96.0 Å². The van der Waals surface area contributed by atoms with E-state index < -0.39 is 0 Å². The van der Waals surface area contributed by atoms with Gasteiger partial charge in [0.1, 0.15) is 0 Å². The predicted molar refractivity (Wildman–Crippen MR) is 64.4 cm³/mol. The molecule has 0 saturated heterocycles. The van der Waals surface area contributed by atoms with Gasteiger partial charge in [0.25, 0.3) is 5.91 Å². The van der Waals surface area contributed by atoms with E-state index in [-0.39, 0.29) is 18.0 Å².